The summed E-state index contributed by atoms with van der Waals surface area (Å²) in [6.45, 7) is 0. The SMILES string of the molecule is O=[N+]([O-])c1cc(Cl)c([N+](=O)[O-])c([N+](=O)[O-])c1. The highest BCUT2D eigenvalue weighted by molar-refractivity contribution is 6.33. The van der Waals surface area contributed by atoms with Gasteiger partial charge in [0.15, 0.2) is 0 Å². The molecular formula is C6H2ClN3O6. The minimum Gasteiger partial charge on any atom is -0.258 e. The van der Waals surface area contributed by atoms with Crippen molar-refractivity contribution in [3.8, 4) is 0 Å². The summed E-state index contributed by atoms with van der Waals surface area (Å²) in [5.74, 6) is 0. The van der Waals surface area contributed by atoms with Crippen molar-refractivity contribution in [3.05, 3.63) is 47.5 Å². The average Bonchev–Trinajstić information content (AvgIpc) is 2.15. The topological polar surface area (TPSA) is 129 Å². The molecule has 84 valence electrons. The van der Waals surface area contributed by atoms with Gasteiger partial charge in [0, 0.05) is 6.07 Å². The van der Waals surface area contributed by atoms with E-state index in [0.717, 1.165) is 0 Å². The number of rotatable bonds is 3. The molecule has 0 aromatic heterocycles. The van der Waals surface area contributed by atoms with Crippen molar-refractivity contribution in [2.45, 2.75) is 0 Å². The minimum absolute atomic E-state index is 0.490. The van der Waals surface area contributed by atoms with Crippen molar-refractivity contribution in [1.29, 1.82) is 0 Å². The Kier molecular flexibility index (Phi) is 2.99. The van der Waals surface area contributed by atoms with Crippen LogP contribution in [0.1, 0.15) is 0 Å². The first-order valence-electron chi connectivity index (χ1n) is 3.61. The number of nitro groups is 3. The van der Waals surface area contributed by atoms with E-state index >= 15 is 0 Å². The molecule has 0 spiro atoms. The summed E-state index contributed by atoms with van der Waals surface area (Å²) >= 11 is 5.37. The van der Waals surface area contributed by atoms with Crippen LogP contribution in [-0.4, -0.2) is 14.8 Å². The molecule has 0 unspecified atom stereocenters. The highest BCUT2D eigenvalue weighted by Gasteiger charge is 2.31. The normalized spacial score (nSPS) is 9.81. The maximum absolute atomic E-state index is 10.5. The number of halogens is 1. The van der Waals surface area contributed by atoms with Crippen LogP contribution in [0.15, 0.2) is 12.1 Å². The van der Waals surface area contributed by atoms with Crippen LogP contribution in [-0.2, 0) is 0 Å². The van der Waals surface area contributed by atoms with Crippen LogP contribution >= 0.6 is 11.6 Å². The van der Waals surface area contributed by atoms with Crippen LogP contribution < -0.4 is 0 Å². The van der Waals surface area contributed by atoms with E-state index in [1.807, 2.05) is 0 Å². The van der Waals surface area contributed by atoms with Crippen molar-refractivity contribution in [2.24, 2.45) is 0 Å². The molecule has 0 atom stereocenters. The molecule has 1 aromatic rings. The van der Waals surface area contributed by atoms with Gasteiger partial charge in [-0.15, -0.1) is 0 Å². The Labute approximate surface area is 91.7 Å². The number of non-ortho nitro benzene ring substituents is 1. The van der Waals surface area contributed by atoms with Crippen LogP contribution in [0.4, 0.5) is 17.1 Å². The van der Waals surface area contributed by atoms with Gasteiger partial charge >= 0.3 is 11.4 Å². The zero-order valence-corrected chi connectivity index (χ0v) is 8.08. The van der Waals surface area contributed by atoms with Gasteiger partial charge in [-0.05, 0) is 0 Å². The van der Waals surface area contributed by atoms with E-state index in [2.05, 4.69) is 0 Å². The molecule has 0 aliphatic carbocycles. The van der Waals surface area contributed by atoms with E-state index in [9.17, 15) is 30.3 Å². The smallest absolute Gasteiger partial charge is 0.258 e. The fourth-order valence-corrected chi connectivity index (χ4v) is 1.27. The predicted molar refractivity (Wildman–Crippen MR) is 51.4 cm³/mol. The molecule has 1 rings (SSSR count). The van der Waals surface area contributed by atoms with E-state index in [1.165, 1.54) is 0 Å². The van der Waals surface area contributed by atoms with E-state index in [0.29, 0.717) is 12.1 Å². The molecular weight excluding hydrogens is 246 g/mol. The van der Waals surface area contributed by atoms with Crippen LogP contribution in [0, 0.1) is 30.3 Å². The summed E-state index contributed by atoms with van der Waals surface area (Å²) < 4.78 is 0. The minimum atomic E-state index is -1.10. The van der Waals surface area contributed by atoms with Gasteiger partial charge in [0.25, 0.3) is 5.69 Å². The van der Waals surface area contributed by atoms with E-state index in [-0.39, 0.29) is 0 Å². The Hall–Kier alpha value is -2.29. The summed E-state index contributed by atoms with van der Waals surface area (Å²) in [4.78, 5) is 28.2. The van der Waals surface area contributed by atoms with Crippen molar-refractivity contribution in [3.63, 3.8) is 0 Å². The third-order valence-electron chi connectivity index (χ3n) is 1.62. The molecule has 16 heavy (non-hydrogen) atoms. The number of hydrogen-bond acceptors (Lipinski definition) is 6. The van der Waals surface area contributed by atoms with Crippen LogP contribution in [0.25, 0.3) is 0 Å². The second kappa shape index (κ2) is 4.06. The second-order valence-corrected chi connectivity index (χ2v) is 2.97. The predicted octanol–water partition coefficient (Wildman–Crippen LogP) is 2.06. The Morgan fingerprint density at radius 1 is 0.938 bits per heavy atom. The molecule has 0 fully saturated rings. The van der Waals surface area contributed by atoms with Gasteiger partial charge in [-0.1, -0.05) is 11.6 Å². The lowest BCUT2D eigenvalue weighted by Crippen LogP contribution is -1.99. The number of nitro benzene ring substituents is 3. The molecule has 0 N–H and O–H groups in total. The Bertz CT molecular complexity index is 501. The van der Waals surface area contributed by atoms with Crippen LogP contribution in [0.5, 0.6) is 0 Å². The summed E-state index contributed by atoms with van der Waals surface area (Å²) in [5.41, 5.74) is -2.65. The average molecular weight is 248 g/mol. The highest BCUT2D eigenvalue weighted by atomic mass is 35.5. The first-order valence-corrected chi connectivity index (χ1v) is 3.99. The van der Waals surface area contributed by atoms with Crippen molar-refractivity contribution in [2.75, 3.05) is 0 Å². The molecule has 1 aromatic carbocycles. The molecule has 0 aliphatic rings. The third kappa shape index (κ3) is 2.03. The van der Waals surface area contributed by atoms with Gasteiger partial charge in [0.1, 0.15) is 11.1 Å². The maximum Gasteiger partial charge on any atom is 0.364 e. The standard InChI is InChI=1S/C6H2ClN3O6/c7-4-1-3(8(11)12)2-5(9(13)14)6(4)10(15)16/h1-2H. The van der Waals surface area contributed by atoms with Crippen molar-refractivity contribution >= 4 is 28.7 Å². The summed E-state index contributed by atoms with van der Waals surface area (Å²) in [6.07, 6.45) is 0. The van der Waals surface area contributed by atoms with E-state index < -0.39 is 36.9 Å². The molecule has 0 bridgehead atoms. The van der Waals surface area contributed by atoms with E-state index in [1.54, 1.807) is 0 Å². The number of hydrogen-bond donors (Lipinski definition) is 0. The molecule has 0 saturated carbocycles. The Morgan fingerprint density at radius 2 is 1.50 bits per heavy atom. The zero-order chi connectivity index (χ0) is 12.5. The van der Waals surface area contributed by atoms with Gasteiger partial charge in [0.2, 0.25) is 0 Å². The molecule has 10 heteroatoms. The fraction of sp³-hybridized carbons (Fsp3) is 0. The van der Waals surface area contributed by atoms with Gasteiger partial charge in [-0.3, -0.25) is 30.3 Å². The zero-order valence-electron chi connectivity index (χ0n) is 7.32. The largest absolute Gasteiger partial charge is 0.364 e. The maximum atomic E-state index is 10.5. The third-order valence-corrected chi connectivity index (χ3v) is 1.91. The lowest BCUT2D eigenvalue weighted by Gasteiger charge is -1.97. The highest BCUT2D eigenvalue weighted by Crippen LogP contribution is 2.37. The number of benzene rings is 1. The fourth-order valence-electron chi connectivity index (χ4n) is 0.996. The molecule has 0 amide bonds. The molecule has 0 heterocycles. The first-order chi connectivity index (χ1) is 7.34. The van der Waals surface area contributed by atoms with Gasteiger partial charge < -0.3 is 0 Å². The van der Waals surface area contributed by atoms with Crippen LogP contribution in [0.3, 0.4) is 0 Å². The lowest BCUT2D eigenvalue weighted by atomic mass is 10.2. The molecule has 0 aliphatic heterocycles. The van der Waals surface area contributed by atoms with Crippen molar-refractivity contribution < 1.29 is 14.8 Å². The molecule has 0 saturated heterocycles. The van der Waals surface area contributed by atoms with Gasteiger partial charge in [-0.25, -0.2) is 0 Å². The summed E-state index contributed by atoms with van der Waals surface area (Å²) in [5, 5.41) is 30.7. The first kappa shape index (κ1) is 11.8. The second-order valence-electron chi connectivity index (χ2n) is 2.57. The molecule has 0 radical (unpaired) electrons. The number of nitrogens with zero attached hydrogens (tertiary/aromatic N) is 3. The monoisotopic (exact) mass is 247 g/mol. The lowest BCUT2D eigenvalue weighted by molar-refractivity contribution is -0.424. The van der Waals surface area contributed by atoms with Gasteiger partial charge in [-0.2, -0.15) is 0 Å². The quantitative estimate of drug-likeness (QED) is 0.593. The summed E-state index contributed by atoms with van der Waals surface area (Å²) in [6, 6.07) is 1.18. The Balaban J connectivity index is 3.58. The van der Waals surface area contributed by atoms with Crippen LogP contribution in [0.2, 0.25) is 5.02 Å². The summed E-state index contributed by atoms with van der Waals surface area (Å²) in [7, 11) is 0. The van der Waals surface area contributed by atoms with E-state index in [4.69, 9.17) is 11.6 Å². The Morgan fingerprint density at radius 3 is 1.88 bits per heavy atom. The molecule has 9 nitrogen and oxygen atoms in total. The van der Waals surface area contributed by atoms with Crippen molar-refractivity contribution in [1.82, 2.24) is 0 Å². The van der Waals surface area contributed by atoms with Gasteiger partial charge in [0.05, 0.1) is 14.8 Å².